The lowest BCUT2D eigenvalue weighted by molar-refractivity contribution is -0.139. The van der Waals surface area contributed by atoms with Crippen LogP contribution in [0.3, 0.4) is 0 Å². The molecular weight excluding hydrogens is 522 g/mol. The van der Waals surface area contributed by atoms with Crippen molar-refractivity contribution in [2.75, 3.05) is 0 Å². The minimum absolute atomic E-state index is 0.147. The third-order valence-corrected chi connectivity index (χ3v) is 7.37. The standard InChI is InChI=1S/C28H24F6N4O/c1-16-4-5-19-13-20(17-6-8-18(9-7-17)21-14-35-12-10-22(21)27(29,30)31)26(39)38(25(19)37-16)15-24-23(28(32,33)34)3-2-11-36-24/h2-5,10-14,17-18H,6-9,15H2,1H3. The van der Waals surface area contributed by atoms with Gasteiger partial charge < -0.3 is 0 Å². The first-order valence-corrected chi connectivity index (χ1v) is 12.5. The molecule has 1 saturated carbocycles. The van der Waals surface area contributed by atoms with E-state index in [1.54, 1.807) is 25.1 Å². The second-order valence-electron chi connectivity index (χ2n) is 9.86. The molecule has 0 N–H and O–H groups in total. The van der Waals surface area contributed by atoms with Gasteiger partial charge in [0.05, 0.1) is 23.4 Å². The molecule has 0 atom stereocenters. The second-order valence-corrected chi connectivity index (χ2v) is 9.86. The number of aryl methyl sites for hydroxylation is 1. The van der Waals surface area contributed by atoms with Crippen molar-refractivity contribution < 1.29 is 26.3 Å². The van der Waals surface area contributed by atoms with Gasteiger partial charge in [0.15, 0.2) is 0 Å². The van der Waals surface area contributed by atoms with Gasteiger partial charge in [0.2, 0.25) is 0 Å². The van der Waals surface area contributed by atoms with Gasteiger partial charge in [0.25, 0.3) is 5.56 Å². The number of hydrogen-bond acceptors (Lipinski definition) is 4. The van der Waals surface area contributed by atoms with E-state index in [-0.39, 0.29) is 28.7 Å². The quantitative estimate of drug-likeness (QED) is 0.258. The molecule has 0 amide bonds. The van der Waals surface area contributed by atoms with E-state index in [0.717, 1.165) is 18.3 Å². The van der Waals surface area contributed by atoms with Crippen LogP contribution in [0.4, 0.5) is 26.3 Å². The van der Waals surface area contributed by atoms with Crippen LogP contribution in [0.2, 0.25) is 0 Å². The number of pyridine rings is 4. The third-order valence-electron chi connectivity index (χ3n) is 7.37. The SMILES string of the molecule is Cc1ccc2cc(C3CCC(c4cnccc4C(F)(F)F)CC3)c(=O)n(Cc3ncccc3C(F)(F)F)c2n1. The molecule has 4 aromatic heterocycles. The van der Waals surface area contributed by atoms with E-state index in [2.05, 4.69) is 15.0 Å². The van der Waals surface area contributed by atoms with Crippen molar-refractivity contribution in [3.05, 3.63) is 99.0 Å². The molecule has 204 valence electrons. The Bertz CT molecular complexity index is 1570. The number of alkyl halides is 6. The van der Waals surface area contributed by atoms with Gasteiger partial charge in [-0.25, -0.2) is 4.98 Å². The van der Waals surface area contributed by atoms with Gasteiger partial charge >= 0.3 is 12.4 Å². The molecule has 1 fully saturated rings. The van der Waals surface area contributed by atoms with Crippen LogP contribution in [0.25, 0.3) is 11.0 Å². The highest BCUT2D eigenvalue weighted by molar-refractivity contribution is 5.76. The fourth-order valence-corrected chi connectivity index (χ4v) is 5.48. The molecule has 0 radical (unpaired) electrons. The molecule has 1 aliphatic rings. The van der Waals surface area contributed by atoms with E-state index in [9.17, 15) is 31.1 Å². The van der Waals surface area contributed by atoms with Crippen LogP contribution in [-0.2, 0) is 18.9 Å². The largest absolute Gasteiger partial charge is 0.418 e. The minimum atomic E-state index is -4.65. The van der Waals surface area contributed by atoms with Crippen molar-refractivity contribution in [2.45, 2.75) is 63.3 Å². The van der Waals surface area contributed by atoms with Crippen molar-refractivity contribution in [3.8, 4) is 0 Å². The van der Waals surface area contributed by atoms with Crippen LogP contribution in [0, 0.1) is 6.92 Å². The molecule has 39 heavy (non-hydrogen) atoms. The fourth-order valence-electron chi connectivity index (χ4n) is 5.48. The van der Waals surface area contributed by atoms with Crippen molar-refractivity contribution in [1.29, 1.82) is 0 Å². The fraction of sp³-hybridized carbons (Fsp3) is 0.357. The summed E-state index contributed by atoms with van der Waals surface area (Å²) in [6.07, 6.45) is -3.77. The molecule has 0 spiro atoms. The lowest BCUT2D eigenvalue weighted by Gasteiger charge is -2.30. The van der Waals surface area contributed by atoms with E-state index < -0.39 is 35.6 Å². The van der Waals surface area contributed by atoms with Gasteiger partial charge in [-0.1, -0.05) is 0 Å². The van der Waals surface area contributed by atoms with Gasteiger partial charge in [0, 0.05) is 35.2 Å². The van der Waals surface area contributed by atoms with Crippen LogP contribution in [-0.4, -0.2) is 19.5 Å². The van der Waals surface area contributed by atoms with Crippen molar-refractivity contribution >= 4 is 11.0 Å². The summed E-state index contributed by atoms with van der Waals surface area (Å²) in [7, 11) is 0. The second kappa shape index (κ2) is 10.1. The van der Waals surface area contributed by atoms with Gasteiger partial charge in [-0.2, -0.15) is 26.3 Å². The van der Waals surface area contributed by atoms with Crippen LogP contribution in [0.5, 0.6) is 0 Å². The minimum Gasteiger partial charge on any atom is -0.286 e. The molecule has 0 aromatic carbocycles. The van der Waals surface area contributed by atoms with Gasteiger partial charge in [-0.3, -0.25) is 19.3 Å². The predicted molar refractivity (Wildman–Crippen MR) is 132 cm³/mol. The molecule has 5 nitrogen and oxygen atoms in total. The maximum Gasteiger partial charge on any atom is 0.418 e. The van der Waals surface area contributed by atoms with E-state index in [1.807, 2.05) is 0 Å². The average Bonchev–Trinajstić information content (AvgIpc) is 2.90. The lowest BCUT2D eigenvalue weighted by Crippen LogP contribution is -2.29. The lowest BCUT2D eigenvalue weighted by atomic mass is 9.75. The molecule has 4 heterocycles. The Morgan fingerprint density at radius 3 is 2.21 bits per heavy atom. The summed E-state index contributed by atoms with van der Waals surface area (Å²) in [6, 6.07) is 8.31. The number of hydrogen-bond donors (Lipinski definition) is 0. The first-order chi connectivity index (χ1) is 18.4. The highest BCUT2D eigenvalue weighted by Crippen LogP contribution is 2.44. The van der Waals surface area contributed by atoms with E-state index in [1.165, 1.54) is 23.0 Å². The Labute approximate surface area is 219 Å². The van der Waals surface area contributed by atoms with E-state index in [4.69, 9.17) is 0 Å². The number of aromatic nitrogens is 4. The highest BCUT2D eigenvalue weighted by Gasteiger charge is 2.37. The van der Waals surface area contributed by atoms with E-state index in [0.29, 0.717) is 42.3 Å². The third kappa shape index (κ3) is 5.39. The number of halogens is 6. The Morgan fingerprint density at radius 1 is 0.872 bits per heavy atom. The van der Waals surface area contributed by atoms with Crippen LogP contribution in [0.1, 0.15) is 71.2 Å². The Morgan fingerprint density at radius 2 is 1.54 bits per heavy atom. The summed E-state index contributed by atoms with van der Waals surface area (Å²) in [5.41, 5.74) is -0.993. The summed E-state index contributed by atoms with van der Waals surface area (Å²) in [5, 5.41) is 0.591. The van der Waals surface area contributed by atoms with Gasteiger partial charge in [0.1, 0.15) is 5.65 Å². The average molecular weight is 547 g/mol. The topological polar surface area (TPSA) is 60.7 Å². The van der Waals surface area contributed by atoms with Crippen molar-refractivity contribution in [3.63, 3.8) is 0 Å². The smallest absolute Gasteiger partial charge is 0.286 e. The zero-order chi connectivity index (χ0) is 27.9. The summed E-state index contributed by atoms with van der Waals surface area (Å²) >= 11 is 0. The Kier molecular flexibility index (Phi) is 6.94. The van der Waals surface area contributed by atoms with Gasteiger partial charge in [-0.15, -0.1) is 0 Å². The number of rotatable bonds is 4. The molecule has 5 rings (SSSR count). The zero-order valence-electron chi connectivity index (χ0n) is 20.9. The molecule has 0 unspecified atom stereocenters. The molecule has 4 aromatic rings. The van der Waals surface area contributed by atoms with Crippen molar-refractivity contribution in [2.24, 2.45) is 0 Å². The normalized spacial score (nSPS) is 18.4. The van der Waals surface area contributed by atoms with Crippen LogP contribution >= 0.6 is 0 Å². The molecule has 0 bridgehead atoms. The Balaban J connectivity index is 1.51. The predicted octanol–water partition coefficient (Wildman–Crippen LogP) is 7.02. The molecule has 1 aliphatic carbocycles. The summed E-state index contributed by atoms with van der Waals surface area (Å²) in [6.45, 7) is 1.30. The first-order valence-electron chi connectivity index (χ1n) is 12.5. The Hall–Kier alpha value is -3.76. The monoisotopic (exact) mass is 546 g/mol. The first kappa shape index (κ1) is 26.8. The molecular formula is C28H24F6N4O. The number of nitrogens with zero attached hydrogens (tertiary/aromatic N) is 4. The maximum absolute atomic E-state index is 13.8. The molecule has 0 aliphatic heterocycles. The summed E-state index contributed by atoms with van der Waals surface area (Å²) in [4.78, 5) is 26.0. The molecule has 0 saturated heterocycles. The summed E-state index contributed by atoms with van der Waals surface area (Å²) in [5.74, 6) is -0.621. The van der Waals surface area contributed by atoms with Gasteiger partial charge in [-0.05, 0) is 86.4 Å². The van der Waals surface area contributed by atoms with E-state index >= 15 is 0 Å². The van der Waals surface area contributed by atoms with Crippen molar-refractivity contribution in [1.82, 2.24) is 19.5 Å². The van der Waals surface area contributed by atoms with Crippen LogP contribution in [0.15, 0.2) is 59.8 Å². The summed E-state index contributed by atoms with van der Waals surface area (Å²) < 4.78 is 82.8. The maximum atomic E-state index is 13.8. The molecule has 11 heteroatoms. The van der Waals surface area contributed by atoms with Crippen LogP contribution < -0.4 is 5.56 Å². The zero-order valence-corrected chi connectivity index (χ0v) is 20.9. The highest BCUT2D eigenvalue weighted by atomic mass is 19.4. The number of fused-ring (bicyclic) bond motifs is 1.